The minimum absolute atomic E-state index is 0.0662. The van der Waals surface area contributed by atoms with Crippen LogP contribution in [0.4, 0.5) is 15.3 Å². The number of benzene rings is 1. The highest BCUT2D eigenvalue weighted by molar-refractivity contribution is 7.14. The number of nitrogens with zero attached hydrogens (tertiary/aromatic N) is 4. The van der Waals surface area contributed by atoms with Gasteiger partial charge in [0.15, 0.2) is 5.13 Å². The first-order chi connectivity index (χ1) is 19.3. The molecule has 1 N–H and O–H groups in total. The molecule has 2 amide bonds. The number of carboxylic acid groups (broad SMARTS) is 1. The second kappa shape index (κ2) is 12.2. The summed E-state index contributed by atoms with van der Waals surface area (Å²) in [5.74, 6) is -1.04. The number of piperidine rings is 1. The first kappa shape index (κ1) is 27.9. The summed E-state index contributed by atoms with van der Waals surface area (Å²) in [5, 5.41) is 9.09. The van der Waals surface area contributed by atoms with Gasteiger partial charge in [0.1, 0.15) is 11.5 Å². The van der Waals surface area contributed by atoms with Crippen LogP contribution >= 0.6 is 11.3 Å². The number of carbonyl (C=O) groups excluding carboxylic acids is 2. The normalized spacial score (nSPS) is 16.8. The molecule has 210 valence electrons. The molecule has 1 aliphatic carbocycles. The molecular weight excluding hydrogens is 531 g/mol. The summed E-state index contributed by atoms with van der Waals surface area (Å²) in [7, 11) is 1.53. The predicted molar refractivity (Wildman–Crippen MR) is 153 cm³/mol. The minimum atomic E-state index is -1.02. The summed E-state index contributed by atoms with van der Waals surface area (Å²) in [6.07, 6.45) is 8.51. The molecule has 3 aromatic rings. The topological polar surface area (TPSA) is 104 Å². The molecule has 0 spiro atoms. The van der Waals surface area contributed by atoms with Crippen LogP contribution < -0.4 is 9.80 Å². The Morgan fingerprint density at radius 1 is 1.12 bits per heavy atom. The van der Waals surface area contributed by atoms with Gasteiger partial charge in [-0.2, -0.15) is 4.39 Å². The SMILES string of the molecule is CN(C(=O)C(CC(=O)O)CC1CCCC1)c1nc(-c2ccccc2-c2ccc(N3CCCCC3=O)nc2)c(F)s1. The lowest BCUT2D eigenvalue weighted by Gasteiger charge is -2.25. The lowest BCUT2D eigenvalue weighted by Crippen LogP contribution is -2.35. The largest absolute Gasteiger partial charge is 0.481 e. The molecule has 8 nitrogen and oxygen atoms in total. The Labute approximate surface area is 236 Å². The van der Waals surface area contributed by atoms with E-state index in [1.807, 2.05) is 18.2 Å². The quantitative estimate of drug-likeness (QED) is 0.334. The summed E-state index contributed by atoms with van der Waals surface area (Å²) < 4.78 is 15.4. The molecule has 2 fully saturated rings. The van der Waals surface area contributed by atoms with Gasteiger partial charge in [-0.3, -0.25) is 24.2 Å². The van der Waals surface area contributed by atoms with E-state index in [1.54, 1.807) is 29.3 Å². The molecule has 1 saturated heterocycles. The van der Waals surface area contributed by atoms with Crippen molar-refractivity contribution in [3.63, 3.8) is 0 Å². The molecule has 0 radical (unpaired) electrons. The number of thiazole rings is 1. The Balaban J connectivity index is 1.39. The maximum Gasteiger partial charge on any atom is 0.304 e. The van der Waals surface area contributed by atoms with E-state index in [0.717, 1.165) is 61.0 Å². The van der Waals surface area contributed by atoms with E-state index >= 15 is 4.39 Å². The third-order valence-electron chi connectivity index (χ3n) is 7.90. The predicted octanol–water partition coefficient (Wildman–Crippen LogP) is 6.16. The summed E-state index contributed by atoms with van der Waals surface area (Å²) in [6.45, 7) is 0.648. The standard InChI is InChI=1S/C30H33FN4O4S/c1-34(29(39)21(17-26(37)38)16-19-8-2-3-9-19)30-33-27(28(31)40-30)23-11-5-4-10-22(23)20-13-14-24(32-18-20)35-15-7-6-12-25(35)36/h4-5,10-11,13-14,18-19,21H,2-3,6-9,12,15-17H2,1H3,(H,37,38). The molecule has 1 saturated carbocycles. The number of aliphatic carboxylic acids is 1. The van der Waals surface area contributed by atoms with E-state index in [1.165, 1.54) is 11.9 Å². The summed E-state index contributed by atoms with van der Waals surface area (Å²) >= 11 is 0.770. The zero-order chi connectivity index (χ0) is 28.2. The van der Waals surface area contributed by atoms with E-state index in [9.17, 15) is 19.5 Å². The van der Waals surface area contributed by atoms with Crippen molar-refractivity contribution in [2.24, 2.45) is 11.8 Å². The molecule has 3 heterocycles. The van der Waals surface area contributed by atoms with Crippen molar-refractivity contribution in [3.8, 4) is 22.4 Å². The van der Waals surface area contributed by atoms with Crippen molar-refractivity contribution in [1.29, 1.82) is 0 Å². The first-order valence-corrected chi connectivity index (χ1v) is 14.7. The van der Waals surface area contributed by atoms with Crippen LogP contribution in [-0.4, -0.2) is 46.5 Å². The van der Waals surface area contributed by atoms with Gasteiger partial charge in [-0.05, 0) is 42.9 Å². The number of hydrogen-bond donors (Lipinski definition) is 1. The first-order valence-electron chi connectivity index (χ1n) is 13.8. The fourth-order valence-electron chi connectivity index (χ4n) is 5.79. The van der Waals surface area contributed by atoms with Crippen molar-refractivity contribution in [2.75, 3.05) is 23.4 Å². The molecule has 5 rings (SSSR count). The van der Waals surface area contributed by atoms with Gasteiger partial charge < -0.3 is 5.11 Å². The van der Waals surface area contributed by atoms with Gasteiger partial charge in [-0.15, -0.1) is 0 Å². The molecule has 1 atom stereocenters. The summed E-state index contributed by atoms with van der Waals surface area (Å²) in [5.41, 5.74) is 2.15. The van der Waals surface area contributed by atoms with Gasteiger partial charge in [-0.1, -0.05) is 61.3 Å². The smallest absolute Gasteiger partial charge is 0.304 e. The highest BCUT2D eigenvalue weighted by Gasteiger charge is 2.31. The highest BCUT2D eigenvalue weighted by Crippen LogP contribution is 2.38. The van der Waals surface area contributed by atoms with E-state index < -0.39 is 17.0 Å². The van der Waals surface area contributed by atoms with Crippen molar-refractivity contribution >= 4 is 40.1 Å². The minimum Gasteiger partial charge on any atom is -0.481 e. The maximum absolute atomic E-state index is 15.4. The molecule has 2 aliphatic rings. The van der Waals surface area contributed by atoms with E-state index in [-0.39, 0.29) is 29.1 Å². The molecule has 40 heavy (non-hydrogen) atoms. The molecule has 10 heteroatoms. The highest BCUT2D eigenvalue weighted by atomic mass is 32.1. The monoisotopic (exact) mass is 564 g/mol. The number of anilines is 2. The number of pyridine rings is 1. The van der Waals surface area contributed by atoms with Crippen LogP contribution in [0.5, 0.6) is 0 Å². The zero-order valence-electron chi connectivity index (χ0n) is 22.5. The maximum atomic E-state index is 15.4. The third kappa shape index (κ3) is 6.06. The average molecular weight is 565 g/mol. The average Bonchev–Trinajstić information content (AvgIpc) is 3.61. The van der Waals surface area contributed by atoms with Gasteiger partial charge in [0.25, 0.3) is 0 Å². The fraction of sp³-hybridized carbons (Fsp3) is 0.433. The number of halogens is 1. The molecule has 0 bridgehead atoms. The van der Waals surface area contributed by atoms with Gasteiger partial charge in [0.05, 0.1) is 6.42 Å². The van der Waals surface area contributed by atoms with Crippen LogP contribution in [0.3, 0.4) is 0 Å². The summed E-state index contributed by atoms with van der Waals surface area (Å²) in [4.78, 5) is 49.2. The molecule has 2 aromatic heterocycles. The number of carboxylic acids is 1. The van der Waals surface area contributed by atoms with Crippen LogP contribution in [0, 0.1) is 17.0 Å². The van der Waals surface area contributed by atoms with E-state index in [0.29, 0.717) is 36.7 Å². The van der Waals surface area contributed by atoms with Crippen LogP contribution in [0.15, 0.2) is 42.6 Å². The van der Waals surface area contributed by atoms with Crippen molar-refractivity contribution < 1.29 is 23.9 Å². The number of aromatic nitrogens is 2. The van der Waals surface area contributed by atoms with Crippen LogP contribution in [0.25, 0.3) is 22.4 Å². The fourth-order valence-corrected chi connectivity index (χ4v) is 6.57. The van der Waals surface area contributed by atoms with Gasteiger partial charge in [-0.25, -0.2) is 9.97 Å². The number of carbonyl (C=O) groups is 3. The Bertz CT molecular complexity index is 1390. The van der Waals surface area contributed by atoms with Crippen LogP contribution in [0.1, 0.15) is 57.8 Å². The van der Waals surface area contributed by atoms with Gasteiger partial charge >= 0.3 is 5.97 Å². The van der Waals surface area contributed by atoms with Gasteiger partial charge in [0.2, 0.25) is 16.9 Å². The zero-order valence-corrected chi connectivity index (χ0v) is 23.3. The van der Waals surface area contributed by atoms with Gasteiger partial charge in [0, 0.05) is 43.3 Å². The Morgan fingerprint density at radius 3 is 2.55 bits per heavy atom. The number of amides is 2. The Hall–Kier alpha value is -3.66. The lowest BCUT2D eigenvalue weighted by molar-refractivity contribution is -0.140. The molecule has 1 unspecified atom stereocenters. The second-order valence-corrected chi connectivity index (χ2v) is 11.6. The van der Waals surface area contributed by atoms with E-state index in [2.05, 4.69) is 9.97 Å². The number of rotatable bonds is 9. The Kier molecular flexibility index (Phi) is 8.54. The van der Waals surface area contributed by atoms with Crippen LogP contribution in [0.2, 0.25) is 0 Å². The lowest BCUT2D eigenvalue weighted by atomic mass is 9.90. The molecule has 1 aromatic carbocycles. The van der Waals surface area contributed by atoms with Crippen molar-refractivity contribution in [3.05, 3.63) is 47.7 Å². The Morgan fingerprint density at radius 2 is 1.88 bits per heavy atom. The van der Waals surface area contributed by atoms with Crippen molar-refractivity contribution in [2.45, 2.75) is 57.8 Å². The molecular formula is C30H33FN4O4S. The van der Waals surface area contributed by atoms with E-state index in [4.69, 9.17) is 0 Å². The summed E-state index contributed by atoms with van der Waals surface area (Å²) in [6, 6.07) is 10.9. The molecule has 1 aliphatic heterocycles. The van der Waals surface area contributed by atoms with Crippen LogP contribution in [-0.2, 0) is 14.4 Å². The number of hydrogen-bond acceptors (Lipinski definition) is 6. The van der Waals surface area contributed by atoms with Crippen molar-refractivity contribution in [1.82, 2.24) is 9.97 Å². The third-order valence-corrected chi connectivity index (χ3v) is 8.82. The second-order valence-electron chi connectivity index (χ2n) is 10.7.